The second kappa shape index (κ2) is 12.3. The van der Waals surface area contributed by atoms with Crippen molar-refractivity contribution in [2.75, 3.05) is 4.90 Å². The summed E-state index contributed by atoms with van der Waals surface area (Å²) in [5.74, 6) is 1.80. The summed E-state index contributed by atoms with van der Waals surface area (Å²) in [6, 6.07) is 77.5. The van der Waals surface area contributed by atoms with Crippen LogP contribution in [0.25, 0.3) is 54.6 Å². The van der Waals surface area contributed by atoms with Crippen LogP contribution in [0.2, 0.25) is 0 Å². The number of ether oxygens (including phenoxy) is 1. The number of fused-ring (bicyclic) bond motifs is 13. The number of anilines is 3. The molecule has 1 aliphatic heterocycles. The Balaban J connectivity index is 1.10. The van der Waals surface area contributed by atoms with Gasteiger partial charge in [-0.05, 0) is 97.4 Å². The van der Waals surface area contributed by atoms with Crippen molar-refractivity contribution in [3.05, 3.63) is 235 Å². The summed E-state index contributed by atoms with van der Waals surface area (Å²) in [7, 11) is 0. The van der Waals surface area contributed by atoms with E-state index in [2.05, 4.69) is 217 Å². The van der Waals surface area contributed by atoms with Gasteiger partial charge in [-0.2, -0.15) is 0 Å². The summed E-state index contributed by atoms with van der Waals surface area (Å²) in [4.78, 5) is 2.47. The summed E-state index contributed by atoms with van der Waals surface area (Å²) in [5.41, 5.74) is 12.6. The predicted molar refractivity (Wildman–Crippen MR) is 236 cm³/mol. The summed E-state index contributed by atoms with van der Waals surface area (Å²) in [6.45, 7) is 0. The van der Waals surface area contributed by atoms with Crippen LogP contribution in [-0.2, 0) is 5.41 Å². The van der Waals surface area contributed by atoms with Crippen molar-refractivity contribution in [3.63, 3.8) is 0 Å². The first kappa shape index (κ1) is 31.9. The Labute approximate surface area is 331 Å². The molecule has 266 valence electrons. The lowest BCUT2D eigenvalue weighted by Gasteiger charge is -2.39. The number of hydrogen-bond donors (Lipinski definition) is 0. The number of benzene rings is 10. The molecule has 12 rings (SSSR count). The van der Waals surface area contributed by atoms with Gasteiger partial charge in [-0.3, -0.25) is 0 Å². The zero-order valence-corrected chi connectivity index (χ0v) is 31.1. The molecule has 1 heterocycles. The molecule has 0 bridgehead atoms. The van der Waals surface area contributed by atoms with Gasteiger partial charge in [-0.1, -0.05) is 170 Å². The van der Waals surface area contributed by atoms with E-state index in [-0.39, 0.29) is 0 Å². The third-order valence-corrected chi connectivity index (χ3v) is 12.3. The number of nitrogens with zero attached hydrogens (tertiary/aromatic N) is 1. The van der Waals surface area contributed by atoms with Crippen LogP contribution in [-0.4, -0.2) is 0 Å². The Morgan fingerprint density at radius 3 is 1.72 bits per heavy atom. The highest BCUT2D eigenvalue weighted by molar-refractivity contribution is 6.15. The summed E-state index contributed by atoms with van der Waals surface area (Å²) in [6.07, 6.45) is 0. The van der Waals surface area contributed by atoms with Crippen molar-refractivity contribution < 1.29 is 4.74 Å². The second-order valence-electron chi connectivity index (χ2n) is 15.2. The number of hydrogen-bond acceptors (Lipinski definition) is 2. The highest BCUT2D eigenvalue weighted by atomic mass is 16.5. The van der Waals surface area contributed by atoms with E-state index in [4.69, 9.17) is 4.74 Å². The molecule has 2 aliphatic rings. The Hall–Kier alpha value is -7.42. The van der Waals surface area contributed by atoms with Gasteiger partial charge in [-0.25, -0.2) is 0 Å². The van der Waals surface area contributed by atoms with E-state index >= 15 is 0 Å². The molecule has 1 aliphatic carbocycles. The fourth-order valence-corrected chi connectivity index (χ4v) is 9.89. The van der Waals surface area contributed by atoms with E-state index in [0.29, 0.717) is 0 Å². The Kier molecular flexibility index (Phi) is 6.88. The van der Waals surface area contributed by atoms with Crippen LogP contribution >= 0.6 is 0 Å². The largest absolute Gasteiger partial charge is 0.457 e. The Morgan fingerprint density at radius 2 is 0.912 bits per heavy atom. The molecular formula is C55H35NO. The fraction of sp³-hybridized carbons (Fsp3) is 0.0182. The zero-order valence-electron chi connectivity index (χ0n) is 31.1. The van der Waals surface area contributed by atoms with E-state index in [9.17, 15) is 0 Å². The smallest absolute Gasteiger partial charge is 0.132 e. The van der Waals surface area contributed by atoms with Crippen LogP contribution in [0.15, 0.2) is 212 Å². The van der Waals surface area contributed by atoms with Crippen LogP contribution in [0.1, 0.15) is 22.3 Å². The normalized spacial score (nSPS) is 13.2. The molecule has 0 atom stereocenters. The minimum Gasteiger partial charge on any atom is -0.457 e. The molecule has 0 aromatic heterocycles. The van der Waals surface area contributed by atoms with Crippen molar-refractivity contribution in [1.82, 2.24) is 0 Å². The first-order valence-electron chi connectivity index (χ1n) is 19.7. The van der Waals surface area contributed by atoms with E-state index in [0.717, 1.165) is 34.1 Å². The fourth-order valence-electron chi connectivity index (χ4n) is 9.89. The second-order valence-corrected chi connectivity index (χ2v) is 15.2. The summed E-state index contributed by atoms with van der Waals surface area (Å²) < 4.78 is 6.62. The van der Waals surface area contributed by atoms with Crippen LogP contribution in [0.4, 0.5) is 17.1 Å². The van der Waals surface area contributed by atoms with Crippen LogP contribution in [0, 0.1) is 0 Å². The van der Waals surface area contributed by atoms with Gasteiger partial charge >= 0.3 is 0 Å². The van der Waals surface area contributed by atoms with Crippen molar-refractivity contribution >= 4 is 49.4 Å². The van der Waals surface area contributed by atoms with Gasteiger partial charge in [0, 0.05) is 27.6 Å². The first-order valence-corrected chi connectivity index (χ1v) is 19.7. The van der Waals surface area contributed by atoms with Crippen LogP contribution in [0.3, 0.4) is 0 Å². The molecule has 2 heteroatoms. The topological polar surface area (TPSA) is 12.5 Å². The van der Waals surface area contributed by atoms with Crippen LogP contribution in [0.5, 0.6) is 11.5 Å². The van der Waals surface area contributed by atoms with Gasteiger partial charge < -0.3 is 9.64 Å². The van der Waals surface area contributed by atoms with E-state index in [1.54, 1.807) is 0 Å². The zero-order chi connectivity index (χ0) is 37.5. The molecule has 0 saturated heterocycles. The van der Waals surface area contributed by atoms with Crippen molar-refractivity contribution in [1.29, 1.82) is 0 Å². The third-order valence-electron chi connectivity index (χ3n) is 12.3. The van der Waals surface area contributed by atoms with Crippen molar-refractivity contribution in [3.8, 4) is 33.8 Å². The maximum atomic E-state index is 6.62. The molecule has 2 nitrogen and oxygen atoms in total. The highest BCUT2D eigenvalue weighted by Crippen LogP contribution is 2.62. The lowest BCUT2D eigenvalue weighted by Crippen LogP contribution is -2.32. The standard InChI is InChI=1S/C55H35NO/c1-4-21-42-36(15-1)17-14-28-51(42)56(52-35-39-16-2-3-20-41(39)43-22-5-6-24-46(43)52)40-19-13-18-37(33-40)38-31-32-45-44-23-7-8-25-47(44)55(50(45)34-38)48-26-9-11-29-53(48)57-54-30-12-10-27-49(54)55/h1-35H. The molecule has 57 heavy (non-hydrogen) atoms. The van der Waals surface area contributed by atoms with E-state index in [1.807, 2.05) is 0 Å². The molecule has 10 aromatic carbocycles. The minimum absolute atomic E-state index is 0.524. The van der Waals surface area contributed by atoms with Gasteiger partial charge in [0.25, 0.3) is 0 Å². The highest BCUT2D eigenvalue weighted by Gasteiger charge is 2.51. The van der Waals surface area contributed by atoms with Gasteiger partial charge in [0.15, 0.2) is 0 Å². The molecule has 1 spiro atoms. The quantitative estimate of drug-likeness (QED) is 0.168. The molecule has 0 fully saturated rings. The van der Waals surface area contributed by atoms with E-state index in [1.165, 1.54) is 71.3 Å². The Morgan fingerprint density at radius 1 is 0.333 bits per heavy atom. The SMILES string of the molecule is c1cc(-c2ccc3c(c2)C2(c4ccccc4Oc4ccccc42)c2ccccc2-3)cc(N(c2cccc3ccccc23)c2cc3ccccc3c3ccccc23)c1. The average Bonchev–Trinajstić information content (AvgIpc) is 3.56. The molecule has 0 N–H and O–H groups in total. The third kappa shape index (κ3) is 4.59. The molecular weight excluding hydrogens is 691 g/mol. The Bertz CT molecular complexity index is 3200. The monoisotopic (exact) mass is 725 g/mol. The van der Waals surface area contributed by atoms with Crippen molar-refractivity contribution in [2.24, 2.45) is 0 Å². The number of para-hydroxylation sites is 2. The number of rotatable bonds is 4. The maximum absolute atomic E-state index is 6.62. The minimum atomic E-state index is -0.524. The first-order chi connectivity index (χ1) is 28.3. The average molecular weight is 726 g/mol. The molecule has 0 saturated carbocycles. The van der Waals surface area contributed by atoms with Crippen molar-refractivity contribution in [2.45, 2.75) is 5.41 Å². The summed E-state index contributed by atoms with van der Waals surface area (Å²) in [5, 5.41) is 7.34. The van der Waals surface area contributed by atoms with Gasteiger partial charge in [-0.15, -0.1) is 0 Å². The van der Waals surface area contributed by atoms with E-state index < -0.39 is 5.41 Å². The lowest BCUT2D eigenvalue weighted by atomic mass is 9.66. The maximum Gasteiger partial charge on any atom is 0.132 e. The van der Waals surface area contributed by atoms with Gasteiger partial charge in [0.2, 0.25) is 0 Å². The van der Waals surface area contributed by atoms with Crippen LogP contribution < -0.4 is 9.64 Å². The molecule has 0 radical (unpaired) electrons. The lowest BCUT2D eigenvalue weighted by molar-refractivity contribution is 0.436. The molecule has 0 unspecified atom stereocenters. The van der Waals surface area contributed by atoms with Gasteiger partial charge in [0.1, 0.15) is 11.5 Å². The molecule has 0 amide bonds. The predicted octanol–water partition coefficient (Wildman–Crippen LogP) is 14.8. The summed E-state index contributed by atoms with van der Waals surface area (Å²) >= 11 is 0. The molecule has 10 aromatic rings. The van der Waals surface area contributed by atoms with Gasteiger partial charge in [0.05, 0.1) is 16.8 Å².